The van der Waals surface area contributed by atoms with Gasteiger partial charge in [0, 0.05) is 33.9 Å². The molecule has 0 aliphatic rings. The van der Waals surface area contributed by atoms with Crippen molar-refractivity contribution < 1.29 is 17.9 Å². The summed E-state index contributed by atoms with van der Waals surface area (Å²) in [6.45, 7) is -0.229. The Kier molecular flexibility index (Phi) is 6.03. The van der Waals surface area contributed by atoms with Crippen LogP contribution in [0.3, 0.4) is 0 Å². The Morgan fingerprint density at radius 1 is 1.06 bits per heavy atom. The first-order valence-electron chi connectivity index (χ1n) is 8.90. The van der Waals surface area contributed by atoms with Crippen LogP contribution in [0.1, 0.15) is 0 Å². The molecular formula is C20H15ClN4O4S2. The molecule has 0 saturated carbocycles. The topological polar surface area (TPSA) is 110 Å². The molecule has 8 nitrogen and oxygen atoms in total. The van der Waals surface area contributed by atoms with E-state index in [-0.39, 0.29) is 16.6 Å². The van der Waals surface area contributed by atoms with Gasteiger partial charge in [0.2, 0.25) is 0 Å². The molecule has 2 aromatic carbocycles. The molecule has 0 atom stereocenters. The zero-order valence-corrected chi connectivity index (χ0v) is 18.2. The molecule has 158 valence electrons. The third-order valence-electron chi connectivity index (χ3n) is 4.13. The molecular weight excluding hydrogens is 460 g/mol. The van der Waals surface area contributed by atoms with Crippen molar-refractivity contribution in [1.29, 1.82) is 0 Å². The summed E-state index contributed by atoms with van der Waals surface area (Å²) >= 11 is 7.15. The normalized spacial score (nSPS) is 11.3. The smallest absolute Gasteiger partial charge is 0.263 e. The van der Waals surface area contributed by atoms with Gasteiger partial charge in [0.05, 0.1) is 10.4 Å². The number of pyridine rings is 1. The Balaban J connectivity index is 1.38. The molecule has 0 aliphatic carbocycles. The minimum absolute atomic E-state index is 0.0545. The quantitative estimate of drug-likeness (QED) is 0.416. The number of halogens is 1. The van der Waals surface area contributed by atoms with E-state index in [4.69, 9.17) is 16.3 Å². The molecule has 4 aromatic rings. The summed E-state index contributed by atoms with van der Waals surface area (Å²) < 4.78 is 32.7. The number of sulfonamides is 1. The maximum Gasteiger partial charge on any atom is 0.263 e. The SMILES string of the molecule is O=C(COc1ccnc2cc(Cl)ccc12)Nc1ccc(S(=O)(=O)Nc2nccs2)cc1. The number of hydrogen-bond donors (Lipinski definition) is 2. The molecule has 0 bridgehead atoms. The average molecular weight is 475 g/mol. The van der Waals surface area contributed by atoms with E-state index in [2.05, 4.69) is 20.0 Å². The zero-order chi connectivity index (χ0) is 21.8. The van der Waals surface area contributed by atoms with Crippen LogP contribution in [0.5, 0.6) is 5.75 Å². The minimum atomic E-state index is -3.75. The van der Waals surface area contributed by atoms with Gasteiger partial charge in [0.15, 0.2) is 11.7 Å². The molecule has 0 saturated heterocycles. The van der Waals surface area contributed by atoms with Crippen molar-refractivity contribution in [2.75, 3.05) is 16.6 Å². The molecule has 1 amide bonds. The number of hydrogen-bond acceptors (Lipinski definition) is 7. The average Bonchev–Trinajstić information content (AvgIpc) is 3.24. The van der Waals surface area contributed by atoms with Crippen LogP contribution in [0.4, 0.5) is 10.8 Å². The number of fused-ring (bicyclic) bond motifs is 1. The number of aromatic nitrogens is 2. The third kappa shape index (κ3) is 5.10. The number of thiazole rings is 1. The molecule has 0 spiro atoms. The molecule has 0 radical (unpaired) electrons. The van der Waals surface area contributed by atoms with Crippen LogP contribution in [-0.2, 0) is 14.8 Å². The van der Waals surface area contributed by atoms with Crippen LogP contribution in [0, 0.1) is 0 Å². The monoisotopic (exact) mass is 474 g/mol. The molecule has 31 heavy (non-hydrogen) atoms. The van der Waals surface area contributed by atoms with Gasteiger partial charge in [0.1, 0.15) is 5.75 Å². The Hall–Kier alpha value is -3.21. The van der Waals surface area contributed by atoms with Gasteiger partial charge in [-0.1, -0.05) is 11.6 Å². The fourth-order valence-corrected chi connectivity index (χ4v) is 4.68. The van der Waals surface area contributed by atoms with Gasteiger partial charge in [0.25, 0.3) is 15.9 Å². The van der Waals surface area contributed by atoms with Gasteiger partial charge in [-0.2, -0.15) is 0 Å². The van der Waals surface area contributed by atoms with Crippen molar-refractivity contribution in [2.45, 2.75) is 4.90 Å². The van der Waals surface area contributed by atoms with Crippen molar-refractivity contribution in [1.82, 2.24) is 9.97 Å². The lowest BCUT2D eigenvalue weighted by Gasteiger charge is -2.10. The predicted octanol–water partition coefficient (Wildman–Crippen LogP) is 4.16. The minimum Gasteiger partial charge on any atom is -0.483 e. The second kappa shape index (κ2) is 8.88. The van der Waals surface area contributed by atoms with Crippen LogP contribution in [0.2, 0.25) is 5.02 Å². The number of nitrogens with zero attached hydrogens (tertiary/aromatic N) is 2. The second-order valence-electron chi connectivity index (χ2n) is 6.27. The lowest BCUT2D eigenvalue weighted by molar-refractivity contribution is -0.118. The number of benzene rings is 2. The first-order valence-corrected chi connectivity index (χ1v) is 11.6. The number of anilines is 2. The van der Waals surface area contributed by atoms with E-state index in [0.29, 0.717) is 22.0 Å². The highest BCUT2D eigenvalue weighted by atomic mass is 35.5. The molecule has 2 aromatic heterocycles. The van der Waals surface area contributed by atoms with Gasteiger partial charge in [-0.05, 0) is 48.5 Å². The molecule has 0 aliphatic heterocycles. The first-order chi connectivity index (χ1) is 14.9. The van der Waals surface area contributed by atoms with Gasteiger partial charge in [-0.25, -0.2) is 13.4 Å². The van der Waals surface area contributed by atoms with Gasteiger partial charge in [-0.3, -0.25) is 14.5 Å². The van der Waals surface area contributed by atoms with Gasteiger partial charge < -0.3 is 10.1 Å². The summed E-state index contributed by atoms with van der Waals surface area (Å²) in [5.74, 6) is 0.113. The van der Waals surface area contributed by atoms with Gasteiger partial charge >= 0.3 is 0 Å². The third-order valence-corrected chi connectivity index (χ3v) is 6.53. The molecule has 0 unspecified atom stereocenters. The zero-order valence-electron chi connectivity index (χ0n) is 15.8. The van der Waals surface area contributed by atoms with Crippen LogP contribution in [-0.4, -0.2) is 30.9 Å². The first kappa shape index (κ1) is 21.0. The Labute approximate surface area is 186 Å². The van der Waals surface area contributed by atoms with Crippen molar-refractivity contribution in [3.63, 3.8) is 0 Å². The number of nitrogens with one attached hydrogen (secondary N) is 2. The number of carbonyl (C=O) groups excluding carboxylic acids is 1. The van der Waals surface area contributed by atoms with Crippen molar-refractivity contribution >= 4 is 60.6 Å². The Morgan fingerprint density at radius 3 is 2.61 bits per heavy atom. The number of rotatable bonds is 7. The van der Waals surface area contributed by atoms with Crippen molar-refractivity contribution in [3.05, 3.63) is 71.3 Å². The molecule has 2 N–H and O–H groups in total. The molecule has 4 rings (SSSR count). The maximum absolute atomic E-state index is 12.4. The van der Waals surface area contributed by atoms with E-state index < -0.39 is 15.9 Å². The van der Waals surface area contributed by atoms with Crippen molar-refractivity contribution in [3.8, 4) is 5.75 Å². The summed E-state index contributed by atoms with van der Waals surface area (Å²) in [6.07, 6.45) is 3.08. The highest BCUT2D eigenvalue weighted by Gasteiger charge is 2.15. The van der Waals surface area contributed by atoms with Crippen LogP contribution >= 0.6 is 22.9 Å². The Bertz CT molecular complexity index is 1330. The number of carbonyl (C=O) groups is 1. The van der Waals surface area contributed by atoms with Crippen LogP contribution in [0.15, 0.2) is 71.2 Å². The fourth-order valence-electron chi connectivity index (χ4n) is 2.73. The number of ether oxygens (including phenoxy) is 1. The summed E-state index contributed by atoms with van der Waals surface area (Å²) in [6, 6.07) is 12.7. The van der Waals surface area contributed by atoms with Crippen molar-refractivity contribution in [2.24, 2.45) is 0 Å². The van der Waals surface area contributed by atoms with Crippen LogP contribution < -0.4 is 14.8 Å². The standard InChI is InChI=1S/C20H15ClN4O4S2/c21-13-1-6-16-17(11-13)22-8-7-18(16)29-12-19(26)24-14-2-4-15(5-3-14)31(27,28)25-20-23-9-10-30-20/h1-11H,12H2,(H,23,25)(H,24,26). The van der Waals surface area contributed by atoms with E-state index in [1.165, 1.54) is 41.8 Å². The molecule has 0 fully saturated rings. The van der Waals surface area contributed by atoms with Crippen LogP contribution in [0.25, 0.3) is 10.9 Å². The van der Waals surface area contributed by atoms with E-state index >= 15 is 0 Å². The summed E-state index contributed by atoms with van der Waals surface area (Å²) in [5.41, 5.74) is 1.10. The molecule has 11 heteroatoms. The Morgan fingerprint density at radius 2 is 1.87 bits per heavy atom. The summed E-state index contributed by atoms with van der Waals surface area (Å²) in [5, 5.41) is 5.91. The maximum atomic E-state index is 12.4. The summed E-state index contributed by atoms with van der Waals surface area (Å²) in [4.78, 5) is 20.4. The van der Waals surface area contributed by atoms with E-state index in [1.54, 1.807) is 35.8 Å². The predicted molar refractivity (Wildman–Crippen MR) is 120 cm³/mol. The van der Waals surface area contributed by atoms with E-state index in [9.17, 15) is 13.2 Å². The highest BCUT2D eigenvalue weighted by molar-refractivity contribution is 7.93. The lowest BCUT2D eigenvalue weighted by Crippen LogP contribution is -2.20. The summed E-state index contributed by atoms with van der Waals surface area (Å²) in [7, 11) is -3.75. The van der Waals surface area contributed by atoms with E-state index in [0.717, 1.165) is 5.39 Å². The lowest BCUT2D eigenvalue weighted by atomic mass is 10.2. The number of amides is 1. The largest absolute Gasteiger partial charge is 0.483 e. The highest BCUT2D eigenvalue weighted by Crippen LogP contribution is 2.26. The second-order valence-corrected chi connectivity index (χ2v) is 9.29. The van der Waals surface area contributed by atoms with E-state index in [1.807, 2.05) is 0 Å². The molecule has 2 heterocycles. The fraction of sp³-hybridized carbons (Fsp3) is 0.0500. The van der Waals surface area contributed by atoms with Gasteiger partial charge in [-0.15, -0.1) is 11.3 Å².